The number of hydrogen-bond donors (Lipinski definition) is 0. The van der Waals surface area contributed by atoms with E-state index in [0.717, 1.165) is 6.42 Å². The average Bonchev–Trinajstić information content (AvgIpc) is 2.26. The van der Waals surface area contributed by atoms with Gasteiger partial charge >= 0.3 is 5.97 Å². The highest BCUT2D eigenvalue weighted by Crippen LogP contribution is 2.05. The molecule has 1 atom stereocenters. The summed E-state index contributed by atoms with van der Waals surface area (Å²) in [5.41, 5.74) is 0.621. The highest BCUT2D eigenvalue weighted by Gasteiger charge is 2.07. The van der Waals surface area contributed by atoms with Crippen LogP contribution in [0.1, 0.15) is 30.6 Å². The van der Waals surface area contributed by atoms with Gasteiger partial charge in [-0.3, -0.25) is 0 Å². The van der Waals surface area contributed by atoms with Crippen LogP contribution in [0.15, 0.2) is 30.3 Å². The lowest BCUT2D eigenvalue weighted by atomic mass is 10.1. The predicted octanol–water partition coefficient (Wildman–Crippen LogP) is 2.89. The van der Waals surface area contributed by atoms with Gasteiger partial charge in [-0.1, -0.05) is 38.5 Å². The maximum Gasteiger partial charge on any atom is 0.338 e. The summed E-state index contributed by atoms with van der Waals surface area (Å²) in [6.07, 6.45) is 1.03. The number of carbonyl (C=O) groups excluding carboxylic acids is 1. The Balaban J connectivity index is 2.44. The van der Waals surface area contributed by atoms with Crippen LogP contribution in [0.2, 0.25) is 0 Å². The van der Waals surface area contributed by atoms with E-state index in [9.17, 15) is 4.79 Å². The fourth-order valence-electron chi connectivity index (χ4n) is 0.993. The largest absolute Gasteiger partial charge is 0.462 e. The highest BCUT2D eigenvalue weighted by molar-refractivity contribution is 5.89. The van der Waals surface area contributed by atoms with E-state index in [1.54, 1.807) is 12.1 Å². The van der Waals surface area contributed by atoms with Crippen LogP contribution in [0.3, 0.4) is 0 Å². The van der Waals surface area contributed by atoms with E-state index in [0.29, 0.717) is 18.1 Å². The van der Waals surface area contributed by atoms with E-state index >= 15 is 0 Å². The van der Waals surface area contributed by atoms with Crippen LogP contribution >= 0.6 is 0 Å². The van der Waals surface area contributed by atoms with Crippen LogP contribution in [0.5, 0.6) is 0 Å². The molecule has 0 bridgehead atoms. The number of hydrogen-bond acceptors (Lipinski definition) is 2. The summed E-state index contributed by atoms with van der Waals surface area (Å²) in [6.45, 7) is 4.66. The fourth-order valence-corrected chi connectivity index (χ4v) is 0.993. The highest BCUT2D eigenvalue weighted by atomic mass is 16.5. The molecule has 0 aliphatic rings. The van der Waals surface area contributed by atoms with Gasteiger partial charge in [0, 0.05) is 0 Å². The first kappa shape index (κ1) is 10.8. The molecule has 0 fully saturated rings. The Hall–Kier alpha value is -1.31. The van der Waals surface area contributed by atoms with Crippen LogP contribution in [-0.4, -0.2) is 12.6 Å². The number of ether oxygens (including phenoxy) is 1. The van der Waals surface area contributed by atoms with Crippen molar-refractivity contribution in [3.63, 3.8) is 0 Å². The van der Waals surface area contributed by atoms with Crippen molar-refractivity contribution in [2.24, 2.45) is 5.92 Å². The second kappa shape index (κ2) is 5.43. The van der Waals surface area contributed by atoms with E-state index in [1.165, 1.54) is 0 Å². The lowest BCUT2D eigenvalue weighted by molar-refractivity contribution is 0.0447. The second-order valence-corrected chi connectivity index (χ2v) is 3.48. The fraction of sp³-hybridized carbons (Fsp3) is 0.417. The molecular weight excluding hydrogens is 176 g/mol. The van der Waals surface area contributed by atoms with Crippen molar-refractivity contribution in [3.8, 4) is 0 Å². The Morgan fingerprint density at radius 1 is 1.36 bits per heavy atom. The Bertz CT molecular complexity index is 280. The van der Waals surface area contributed by atoms with Crippen LogP contribution in [-0.2, 0) is 4.74 Å². The summed E-state index contributed by atoms with van der Waals surface area (Å²) in [6, 6.07) is 9.07. The van der Waals surface area contributed by atoms with Gasteiger partial charge in [0.15, 0.2) is 0 Å². The van der Waals surface area contributed by atoms with Gasteiger partial charge in [0.1, 0.15) is 0 Å². The smallest absolute Gasteiger partial charge is 0.338 e. The monoisotopic (exact) mass is 192 g/mol. The molecule has 1 aromatic carbocycles. The first-order valence-electron chi connectivity index (χ1n) is 4.96. The summed E-state index contributed by atoms with van der Waals surface area (Å²) in [4.78, 5) is 11.4. The molecule has 0 aliphatic carbocycles. The molecule has 0 amide bonds. The zero-order chi connectivity index (χ0) is 10.4. The Morgan fingerprint density at radius 3 is 2.57 bits per heavy atom. The number of esters is 1. The molecule has 0 unspecified atom stereocenters. The average molecular weight is 192 g/mol. The molecule has 76 valence electrons. The van der Waals surface area contributed by atoms with Gasteiger partial charge in [0.25, 0.3) is 0 Å². The molecule has 2 heteroatoms. The van der Waals surface area contributed by atoms with Crippen molar-refractivity contribution in [2.75, 3.05) is 6.61 Å². The summed E-state index contributed by atoms with van der Waals surface area (Å²) >= 11 is 0. The molecule has 0 spiro atoms. The number of benzene rings is 1. The van der Waals surface area contributed by atoms with E-state index in [4.69, 9.17) is 4.74 Å². The first-order valence-corrected chi connectivity index (χ1v) is 4.96. The normalized spacial score (nSPS) is 12.1. The molecule has 0 heterocycles. The molecule has 0 aromatic heterocycles. The summed E-state index contributed by atoms with van der Waals surface area (Å²) in [5, 5.41) is 0. The van der Waals surface area contributed by atoms with Crippen molar-refractivity contribution >= 4 is 5.97 Å². The van der Waals surface area contributed by atoms with Crippen molar-refractivity contribution in [1.29, 1.82) is 0 Å². The summed E-state index contributed by atoms with van der Waals surface area (Å²) in [7, 11) is 0. The third-order valence-electron chi connectivity index (χ3n) is 2.21. The molecule has 0 radical (unpaired) electrons. The van der Waals surface area contributed by atoms with Gasteiger partial charge < -0.3 is 4.74 Å². The minimum Gasteiger partial charge on any atom is -0.462 e. The van der Waals surface area contributed by atoms with Gasteiger partial charge in [0.05, 0.1) is 12.2 Å². The number of rotatable bonds is 4. The standard InChI is InChI=1S/C12H16O2/c1-3-10(2)9-14-12(13)11-7-5-4-6-8-11/h4-8,10H,3,9H2,1-2H3/t10-/m0/s1. The molecule has 14 heavy (non-hydrogen) atoms. The third kappa shape index (κ3) is 3.21. The van der Waals surface area contributed by atoms with Crippen molar-refractivity contribution in [3.05, 3.63) is 35.9 Å². The van der Waals surface area contributed by atoms with Crippen molar-refractivity contribution < 1.29 is 9.53 Å². The molecule has 2 nitrogen and oxygen atoms in total. The Morgan fingerprint density at radius 2 is 2.00 bits per heavy atom. The van der Waals surface area contributed by atoms with Crippen LogP contribution in [0.25, 0.3) is 0 Å². The van der Waals surface area contributed by atoms with Crippen LogP contribution < -0.4 is 0 Å². The van der Waals surface area contributed by atoms with Crippen molar-refractivity contribution in [2.45, 2.75) is 20.3 Å². The topological polar surface area (TPSA) is 26.3 Å². The zero-order valence-electron chi connectivity index (χ0n) is 8.69. The summed E-state index contributed by atoms with van der Waals surface area (Å²) < 4.78 is 5.14. The van der Waals surface area contributed by atoms with Crippen molar-refractivity contribution in [1.82, 2.24) is 0 Å². The molecule has 0 saturated heterocycles. The minimum atomic E-state index is -0.231. The van der Waals surface area contributed by atoms with Gasteiger partial charge in [-0.15, -0.1) is 0 Å². The quantitative estimate of drug-likeness (QED) is 0.686. The maximum absolute atomic E-state index is 11.4. The van der Waals surface area contributed by atoms with Gasteiger partial charge in [0.2, 0.25) is 0 Å². The lowest BCUT2D eigenvalue weighted by Gasteiger charge is -2.09. The van der Waals surface area contributed by atoms with E-state index in [2.05, 4.69) is 13.8 Å². The predicted molar refractivity (Wildman–Crippen MR) is 56.2 cm³/mol. The van der Waals surface area contributed by atoms with E-state index in [-0.39, 0.29) is 5.97 Å². The third-order valence-corrected chi connectivity index (χ3v) is 2.21. The zero-order valence-corrected chi connectivity index (χ0v) is 8.69. The lowest BCUT2D eigenvalue weighted by Crippen LogP contribution is -2.11. The van der Waals surface area contributed by atoms with E-state index in [1.807, 2.05) is 18.2 Å². The van der Waals surface area contributed by atoms with Gasteiger partial charge in [-0.2, -0.15) is 0 Å². The molecule has 1 aromatic rings. The number of carbonyl (C=O) groups is 1. The first-order chi connectivity index (χ1) is 6.74. The molecule has 1 rings (SSSR count). The maximum atomic E-state index is 11.4. The van der Waals surface area contributed by atoms with Crippen LogP contribution in [0, 0.1) is 5.92 Å². The summed E-state index contributed by atoms with van der Waals surface area (Å²) in [5.74, 6) is 0.202. The Kier molecular flexibility index (Phi) is 4.17. The molecule has 0 aliphatic heterocycles. The Labute approximate surface area is 84.9 Å². The molecule has 0 saturated carbocycles. The van der Waals surface area contributed by atoms with Gasteiger partial charge in [-0.25, -0.2) is 4.79 Å². The minimum absolute atomic E-state index is 0.231. The molecule has 0 N–H and O–H groups in total. The molecular formula is C12H16O2. The SMILES string of the molecule is CC[C@H](C)COC(=O)c1ccccc1. The second-order valence-electron chi connectivity index (χ2n) is 3.48. The van der Waals surface area contributed by atoms with Gasteiger partial charge in [-0.05, 0) is 18.1 Å². The van der Waals surface area contributed by atoms with E-state index < -0.39 is 0 Å². The van der Waals surface area contributed by atoms with Crippen LogP contribution in [0.4, 0.5) is 0 Å².